The Morgan fingerprint density at radius 3 is 2.50 bits per heavy atom. The fraction of sp³-hybridized carbons (Fsp3) is 0.381. The fourth-order valence-corrected chi connectivity index (χ4v) is 3.34. The molecule has 2 atom stereocenters. The van der Waals surface area contributed by atoms with Crippen LogP contribution in [0.1, 0.15) is 31.2 Å². The summed E-state index contributed by atoms with van der Waals surface area (Å²) in [5, 5.41) is 2.98. The van der Waals surface area contributed by atoms with E-state index in [9.17, 15) is 4.79 Å². The summed E-state index contributed by atoms with van der Waals surface area (Å²) < 4.78 is 11.1. The first-order valence-electron chi connectivity index (χ1n) is 9.08. The largest absolute Gasteiger partial charge is 0.493 e. The summed E-state index contributed by atoms with van der Waals surface area (Å²) in [5.41, 5.74) is 7.06. The Balaban J connectivity index is 1.50. The van der Waals surface area contributed by atoms with Crippen LogP contribution in [0.15, 0.2) is 48.5 Å². The van der Waals surface area contributed by atoms with Gasteiger partial charge in [0.1, 0.15) is 5.75 Å². The number of methoxy groups -OCH3 is 1. The number of amides is 1. The first-order valence-corrected chi connectivity index (χ1v) is 9.08. The van der Waals surface area contributed by atoms with Gasteiger partial charge in [-0.1, -0.05) is 30.7 Å². The number of carbonyl (C=O) groups is 1. The lowest BCUT2D eigenvalue weighted by Crippen LogP contribution is -2.31. The van der Waals surface area contributed by atoms with E-state index in [0.717, 1.165) is 30.6 Å². The lowest BCUT2D eigenvalue weighted by atomic mass is 10.00. The van der Waals surface area contributed by atoms with E-state index in [1.807, 2.05) is 48.5 Å². The van der Waals surface area contributed by atoms with Crippen LogP contribution >= 0.6 is 0 Å². The number of benzene rings is 2. The Morgan fingerprint density at radius 2 is 1.85 bits per heavy atom. The zero-order chi connectivity index (χ0) is 18.4. The van der Waals surface area contributed by atoms with E-state index < -0.39 is 0 Å². The van der Waals surface area contributed by atoms with Crippen LogP contribution in [0.3, 0.4) is 0 Å². The highest BCUT2D eigenvalue weighted by Crippen LogP contribution is 2.31. The number of nitrogens with two attached hydrogens (primary N) is 1. The summed E-state index contributed by atoms with van der Waals surface area (Å²) in [4.78, 5) is 12.1. The van der Waals surface area contributed by atoms with E-state index in [1.165, 1.54) is 0 Å². The van der Waals surface area contributed by atoms with Crippen molar-refractivity contribution in [3.8, 4) is 17.2 Å². The zero-order valence-corrected chi connectivity index (χ0v) is 15.1. The van der Waals surface area contributed by atoms with Gasteiger partial charge in [-0.05, 0) is 48.6 Å². The predicted molar refractivity (Wildman–Crippen MR) is 101 cm³/mol. The highest BCUT2D eigenvalue weighted by atomic mass is 16.5. The average Bonchev–Trinajstić information content (AvgIpc) is 3.06. The molecule has 1 saturated carbocycles. The van der Waals surface area contributed by atoms with E-state index in [0.29, 0.717) is 30.4 Å². The smallest absolute Gasteiger partial charge is 0.220 e. The van der Waals surface area contributed by atoms with Gasteiger partial charge in [-0.15, -0.1) is 0 Å². The van der Waals surface area contributed by atoms with Crippen molar-refractivity contribution in [1.82, 2.24) is 5.32 Å². The Kier molecular flexibility index (Phi) is 6.12. The van der Waals surface area contributed by atoms with Gasteiger partial charge in [-0.3, -0.25) is 4.79 Å². The van der Waals surface area contributed by atoms with Gasteiger partial charge in [0.15, 0.2) is 11.5 Å². The SMILES string of the molecule is COc1ccccc1Oc1ccc(CNC(=O)C[C@@H]2CCC[C@H]2N)cc1. The van der Waals surface area contributed by atoms with Gasteiger partial charge >= 0.3 is 0 Å². The minimum atomic E-state index is 0.0710. The van der Waals surface area contributed by atoms with Crippen molar-refractivity contribution < 1.29 is 14.3 Å². The molecular formula is C21H26N2O3. The molecule has 0 bridgehead atoms. The maximum atomic E-state index is 12.1. The lowest BCUT2D eigenvalue weighted by molar-refractivity contribution is -0.122. The summed E-state index contributed by atoms with van der Waals surface area (Å²) in [7, 11) is 1.62. The van der Waals surface area contributed by atoms with Gasteiger partial charge < -0.3 is 20.5 Å². The highest BCUT2D eigenvalue weighted by Gasteiger charge is 2.25. The van der Waals surface area contributed by atoms with Crippen molar-refractivity contribution in [2.45, 2.75) is 38.3 Å². The van der Waals surface area contributed by atoms with Crippen molar-refractivity contribution in [2.24, 2.45) is 11.7 Å². The molecule has 138 valence electrons. The molecular weight excluding hydrogens is 328 g/mol. The van der Waals surface area contributed by atoms with E-state index in [4.69, 9.17) is 15.2 Å². The van der Waals surface area contributed by atoms with E-state index in [-0.39, 0.29) is 11.9 Å². The summed E-state index contributed by atoms with van der Waals surface area (Å²) in [5.74, 6) is 2.48. The third-order valence-electron chi connectivity index (χ3n) is 4.88. The molecule has 0 saturated heterocycles. The van der Waals surface area contributed by atoms with Crippen LogP contribution < -0.4 is 20.5 Å². The Morgan fingerprint density at radius 1 is 1.12 bits per heavy atom. The van der Waals surface area contributed by atoms with Crippen LogP contribution in [0.4, 0.5) is 0 Å². The molecule has 3 N–H and O–H groups in total. The zero-order valence-electron chi connectivity index (χ0n) is 15.1. The van der Waals surface area contributed by atoms with Crippen LogP contribution in [-0.4, -0.2) is 19.1 Å². The van der Waals surface area contributed by atoms with Crippen LogP contribution in [-0.2, 0) is 11.3 Å². The first kappa shape index (κ1) is 18.3. The molecule has 2 aromatic rings. The normalized spacial score (nSPS) is 19.2. The van der Waals surface area contributed by atoms with Crippen LogP contribution in [0, 0.1) is 5.92 Å². The number of nitrogens with one attached hydrogen (secondary N) is 1. The molecule has 1 aliphatic carbocycles. The molecule has 0 aromatic heterocycles. The quantitative estimate of drug-likeness (QED) is 0.796. The van der Waals surface area contributed by atoms with Gasteiger partial charge in [0.2, 0.25) is 5.91 Å². The minimum Gasteiger partial charge on any atom is -0.493 e. The molecule has 0 unspecified atom stereocenters. The number of carbonyl (C=O) groups excluding carboxylic acids is 1. The second-order valence-corrected chi connectivity index (χ2v) is 6.73. The molecule has 5 nitrogen and oxygen atoms in total. The van der Waals surface area contributed by atoms with Gasteiger partial charge in [0.05, 0.1) is 7.11 Å². The topological polar surface area (TPSA) is 73.6 Å². The second kappa shape index (κ2) is 8.72. The number of hydrogen-bond acceptors (Lipinski definition) is 4. The first-order chi connectivity index (χ1) is 12.7. The van der Waals surface area contributed by atoms with Crippen molar-refractivity contribution in [3.63, 3.8) is 0 Å². The van der Waals surface area contributed by atoms with Crippen molar-refractivity contribution in [2.75, 3.05) is 7.11 Å². The third-order valence-corrected chi connectivity index (χ3v) is 4.88. The Labute approximate surface area is 154 Å². The number of hydrogen-bond donors (Lipinski definition) is 2. The summed E-state index contributed by atoms with van der Waals surface area (Å²) in [6, 6.07) is 15.4. The Hall–Kier alpha value is -2.53. The van der Waals surface area contributed by atoms with Gasteiger partial charge in [-0.25, -0.2) is 0 Å². The molecule has 0 spiro atoms. The summed E-state index contributed by atoms with van der Waals surface area (Å²) in [6.45, 7) is 0.510. The highest BCUT2D eigenvalue weighted by molar-refractivity contribution is 5.76. The molecule has 5 heteroatoms. The van der Waals surface area contributed by atoms with E-state index >= 15 is 0 Å². The van der Waals surface area contributed by atoms with Crippen LogP contribution in [0.2, 0.25) is 0 Å². The molecule has 3 rings (SSSR count). The van der Waals surface area contributed by atoms with Crippen molar-refractivity contribution in [1.29, 1.82) is 0 Å². The molecule has 2 aromatic carbocycles. The van der Waals surface area contributed by atoms with E-state index in [1.54, 1.807) is 7.11 Å². The monoisotopic (exact) mass is 354 g/mol. The fourth-order valence-electron chi connectivity index (χ4n) is 3.34. The molecule has 1 aliphatic rings. The van der Waals surface area contributed by atoms with E-state index in [2.05, 4.69) is 5.32 Å². The molecule has 1 fully saturated rings. The standard InChI is InChI=1S/C21H26N2O3/c1-25-19-7-2-3-8-20(19)26-17-11-9-15(10-12-17)14-23-21(24)13-16-5-4-6-18(16)22/h2-3,7-12,16,18H,4-6,13-14,22H2,1H3,(H,23,24)/t16-,18+/m0/s1. The molecule has 0 radical (unpaired) electrons. The third kappa shape index (κ3) is 4.76. The molecule has 1 amide bonds. The van der Waals surface area contributed by atoms with Gasteiger partial charge in [0, 0.05) is 19.0 Å². The average molecular weight is 354 g/mol. The predicted octanol–water partition coefficient (Wildman–Crippen LogP) is 3.62. The summed E-state index contributed by atoms with van der Waals surface area (Å²) in [6.07, 6.45) is 3.75. The van der Waals surface area contributed by atoms with Gasteiger partial charge in [0.25, 0.3) is 0 Å². The number of para-hydroxylation sites is 2. The van der Waals surface area contributed by atoms with Crippen LogP contribution in [0.25, 0.3) is 0 Å². The molecule has 26 heavy (non-hydrogen) atoms. The van der Waals surface area contributed by atoms with Crippen molar-refractivity contribution >= 4 is 5.91 Å². The maximum absolute atomic E-state index is 12.1. The summed E-state index contributed by atoms with van der Waals surface area (Å²) >= 11 is 0. The second-order valence-electron chi connectivity index (χ2n) is 6.73. The molecule has 0 aliphatic heterocycles. The number of rotatable bonds is 7. The van der Waals surface area contributed by atoms with Crippen molar-refractivity contribution in [3.05, 3.63) is 54.1 Å². The minimum absolute atomic E-state index is 0.0710. The Bertz CT molecular complexity index is 730. The number of ether oxygens (including phenoxy) is 2. The maximum Gasteiger partial charge on any atom is 0.220 e. The molecule has 0 heterocycles. The lowest BCUT2D eigenvalue weighted by Gasteiger charge is -2.15. The van der Waals surface area contributed by atoms with Gasteiger partial charge in [-0.2, -0.15) is 0 Å². The van der Waals surface area contributed by atoms with Crippen LogP contribution in [0.5, 0.6) is 17.2 Å².